The predicted molar refractivity (Wildman–Crippen MR) is 137 cm³/mol. The average Bonchev–Trinajstić information content (AvgIpc) is 3.42. The maximum absolute atomic E-state index is 13.1. The Morgan fingerprint density at radius 2 is 1.74 bits per heavy atom. The standard InChI is InChI=1S/C24H26Cl3N5O2/c1-2-3-4-10-31-22-17(12-21(27)29-22)23(33)32(24(31)34)11-6-7-16-13-28-30(14-16)15-18-19(25)8-5-9-20(18)26/h5,8-9,13-14H,2-4,6-7,10-12,15H2,1H3. The molecule has 0 atom stereocenters. The molecule has 2 aromatic heterocycles. The topological polar surface area (TPSA) is 74.2 Å². The number of benzene rings is 1. The van der Waals surface area contributed by atoms with Gasteiger partial charge in [-0.25, -0.2) is 9.79 Å². The largest absolute Gasteiger partial charge is 0.332 e. The molecule has 10 heteroatoms. The van der Waals surface area contributed by atoms with Crippen molar-refractivity contribution in [3.8, 4) is 0 Å². The van der Waals surface area contributed by atoms with Crippen LogP contribution in [0, 0.1) is 0 Å². The van der Waals surface area contributed by atoms with E-state index in [1.807, 2.05) is 6.20 Å². The Bertz CT molecular complexity index is 1320. The fraction of sp³-hybridized carbons (Fsp3) is 0.417. The Balaban J connectivity index is 1.47. The summed E-state index contributed by atoms with van der Waals surface area (Å²) < 4.78 is 4.71. The molecule has 1 aromatic carbocycles. The summed E-state index contributed by atoms with van der Waals surface area (Å²) in [6.45, 7) is 3.42. The number of hydrogen-bond acceptors (Lipinski definition) is 4. The van der Waals surface area contributed by atoms with Crippen molar-refractivity contribution < 1.29 is 0 Å². The fourth-order valence-corrected chi connectivity index (χ4v) is 4.89. The number of fused-ring (bicyclic) bond motifs is 1. The lowest BCUT2D eigenvalue weighted by Crippen LogP contribution is -2.41. The van der Waals surface area contributed by atoms with Crippen LogP contribution in [0.25, 0.3) is 0 Å². The maximum Gasteiger partial charge on any atom is 0.332 e. The van der Waals surface area contributed by atoms with Gasteiger partial charge in [-0.15, -0.1) is 0 Å². The van der Waals surface area contributed by atoms with E-state index in [1.165, 1.54) is 4.57 Å². The number of aromatic nitrogens is 4. The van der Waals surface area contributed by atoms with Crippen LogP contribution in [0.5, 0.6) is 0 Å². The molecule has 0 radical (unpaired) electrons. The van der Waals surface area contributed by atoms with Crippen molar-refractivity contribution in [1.29, 1.82) is 0 Å². The van der Waals surface area contributed by atoms with Gasteiger partial charge in [0, 0.05) is 41.3 Å². The van der Waals surface area contributed by atoms with Crippen LogP contribution in [0.3, 0.4) is 0 Å². The minimum Gasteiger partial charge on any atom is -0.278 e. The Morgan fingerprint density at radius 1 is 1.00 bits per heavy atom. The van der Waals surface area contributed by atoms with Gasteiger partial charge in [-0.1, -0.05) is 60.6 Å². The number of aryl methyl sites for hydroxylation is 1. The van der Waals surface area contributed by atoms with Crippen molar-refractivity contribution in [1.82, 2.24) is 18.9 Å². The highest BCUT2D eigenvalue weighted by atomic mass is 35.5. The molecule has 0 bridgehead atoms. The van der Waals surface area contributed by atoms with Crippen molar-refractivity contribution in [2.45, 2.75) is 65.1 Å². The van der Waals surface area contributed by atoms with Crippen LogP contribution in [0.1, 0.15) is 49.3 Å². The SMILES string of the molecule is CCCCCn1c2c(c(=O)n(CCCc3cnn(Cc4c(Cl)cccc4Cl)c3)c1=O)CC(Cl)=N2. The zero-order valence-electron chi connectivity index (χ0n) is 18.9. The summed E-state index contributed by atoms with van der Waals surface area (Å²) in [5.74, 6) is 0.423. The zero-order valence-corrected chi connectivity index (χ0v) is 21.2. The molecule has 0 spiro atoms. The smallest absolute Gasteiger partial charge is 0.278 e. The van der Waals surface area contributed by atoms with Gasteiger partial charge < -0.3 is 0 Å². The summed E-state index contributed by atoms with van der Waals surface area (Å²) in [7, 11) is 0. The van der Waals surface area contributed by atoms with Crippen LogP contribution in [0.2, 0.25) is 10.0 Å². The third-order valence-corrected chi connectivity index (χ3v) is 6.87. The van der Waals surface area contributed by atoms with Crippen LogP contribution < -0.4 is 11.2 Å². The Hall–Kier alpha value is -2.35. The first kappa shape index (κ1) is 24.8. The third kappa shape index (κ3) is 5.32. The average molecular weight is 523 g/mol. The minimum absolute atomic E-state index is 0.279. The van der Waals surface area contributed by atoms with Gasteiger partial charge in [0.25, 0.3) is 5.56 Å². The van der Waals surface area contributed by atoms with E-state index in [4.69, 9.17) is 34.8 Å². The summed E-state index contributed by atoms with van der Waals surface area (Å²) in [5, 5.41) is 5.94. The summed E-state index contributed by atoms with van der Waals surface area (Å²) >= 11 is 18.6. The number of halogens is 3. The number of rotatable bonds is 10. The minimum atomic E-state index is -0.320. The van der Waals surface area contributed by atoms with Crippen LogP contribution in [0.4, 0.5) is 5.82 Å². The number of unbranched alkanes of at least 4 members (excludes halogenated alkanes) is 2. The summed E-state index contributed by atoms with van der Waals surface area (Å²) in [6, 6.07) is 5.41. The molecule has 0 N–H and O–H groups in total. The van der Waals surface area contributed by atoms with E-state index < -0.39 is 0 Å². The van der Waals surface area contributed by atoms with Gasteiger partial charge in [-0.3, -0.25) is 18.6 Å². The number of aliphatic imine (C=N–C) groups is 1. The molecule has 3 heterocycles. The van der Waals surface area contributed by atoms with Crippen LogP contribution in [0.15, 0.2) is 45.2 Å². The Labute approximate surface area is 212 Å². The van der Waals surface area contributed by atoms with Gasteiger partial charge in [-0.05, 0) is 37.0 Å². The van der Waals surface area contributed by atoms with Crippen molar-refractivity contribution in [2.24, 2.45) is 4.99 Å². The molecule has 4 rings (SSSR count). The highest BCUT2D eigenvalue weighted by Crippen LogP contribution is 2.26. The van der Waals surface area contributed by atoms with E-state index in [0.717, 1.165) is 30.4 Å². The van der Waals surface area contributed by atoms with Gasteiger partial charge in [0.2, 0.25) is 0 Å². The lowest BCUT2D eigenvalue weighted by Gasteiger charge is -2.14. The Morgan fingerprint density at radius 3 is 2.47 bits per heavy atom. The molecule has 0 unspecified atom stereocenters. The van der Waals surface area contributed by atoms with Crippen molar-refractivity contribution in [3.63, 3.8) is 0 Å². The molecule has 1 aliphatic heterocycles. The highest BCUT2D eigenvalue weighted by Gasteiger charge is 2.24. The first-order valence-electron chi connectivity index (χ1n) is 11.4. The molecular formula is C24H26Cl3N5O2. The lowest BCUT2D eigenvalue weighted by molar-refractivity contribution is 0.513. The number of hydrogen-bond donors (Lipinski definition) is 0. The van der Waals surface area contributed by atoms with Gasteiger partial charge in [0.1, 0.15) is 11.0 Å². The van der Waals surface area contributed by atoms with E-state index >= 15 is 0 Å². The monoisotopic (exact) mass is 521 g/mol. The van der Waals surface area contributed by atoms with Gasteiger partial charge >= 0.3 is 5.69 Å². The van der Waals surface area contributed by atoms with E-state index in [2.05, 4.69) is 17.0 Å². The van der Waals surface area contributed by atoms with E-state index in [0.29, 0.717) is 59.1 Å². The van der Waals surface area contributed by atoms with Crippen molar-refractivity contribution in [2.75, 3.05) is 0 Å². The third-order valence-electron chi connectivity index (χ3n) is 5.94. The molecular weight excluding hydrogens is 497 g/mol. The molecule has 3 aromatic rings. The van der Waals surface area contributed by atoms with Crippen LogP contribution in [-0.4, -0.2) is 24.1 Å². The van der Waals surface area contributed by atoms with E-state index in [9.17, 15) is 9.59 Å². The van der Waals surface area contributed by atoms with Crippen molar-refractivity contribution >= 4 is 45.8 Å². The molecule has 7 nitrogen and oxygen atoms in total. The van der Waals surface area contributed by atoms with Crippen LogP contribution >= 0.6 is 34.8 Å². The Kier molecular flexibility index (Phi) is 7.96. The molecule has 0 saturated heterocycles. The van der Waals surface area contributed by atoms with Crippen molar-refractivity contribution in [3.05, 3.63) is 78.2 Å². The lowest BCUT2D eigenvalue weighted by atomic mass is 10.2. The quantitative estimate of drug-likeness (QED) is 0.343. The van der Waals surface area contributed by atoms with Gasteiger partial charge in [-0.2, -0.15) is 5.10 Å². The second kappa shape index (κ2) is 10.9. The summed E-state index contributed by atoms with van der Waals surface area (Å²) in [4.78, 5) is 30.4. The van der Waals surface area contributed by atoms with Gasteiger partial charge in [0.15, 0.2) is 0 Å². The second-order valence-corrected chi connectivity index (χ2v) is 9.67. The summed E-state index contributed by atoms with van der Waals surface area (Å²) in [6.07, 6.45) is 8.18. The van der Waals surface area contributed by atoms with E-state index in [1.54, 1.807) is 33.6 Å². The zero-order chi connectivity index (χ0) is 24.2. The molecule has 0 saturated carbocycles. The number of nitrogens with zero attached hydrogens (tertiary/aromatic N) is 5. The van der Waals surface area contributed by atoms with E-state index in [-0.39, 0.29) is 17.7 Å². The molecule has 0 fully saturated rings. The van der Waals surface area contributed by atoms with Gasteiger partial charge in [0.05, 0.1) is 18.3 Å². The molecule has 1 aliphatic rings. The normalized spacial score (nSPS) is 12.8. The maximum atomic E-state index is 13.1. The first-order chi connectivity index (χ1) is 16.4. The van der Waals surface area contributed by atoms with Crippen LogP contribution in [-0.2, 0) is 32.5 Å². The highest BCUT2D eigenvalue weighted by molar-refractivity contribution is 6.66. The first-order valence-corrected chi connectivity index (χ1v) is 12.6. The second-order valence-electron chi connectivity index (χ2n) is 8.42. The summed E-state index contributed by atoms with van der Waals surface area (Å²) in [5.41, 5.74) is 1.71. The molecule has 0 amide bonds. The fourth-order valence-electron chi connectivity index (χ4n) is 4.15. The molecule has 180 valence electrons. The predicted octanol–water partition coefficient (Wildman–Crippen LogP) is 5.21. The molecule has 34 heavy (non-hydrogen) atoms. The molecule has 0 aliphatic carbocycles.